The second-order valence-electron chi connectivity index (χ2n) is 10.7. The summed E-state index contributed by atoms with van der Waals surface area (Å²) in [4.78, 5) is 3.48. The Morgan fingerprint density at radius 3 is 1.79 bits per heavy atom. The van der Waals surface area contributed by atoms with E-state index < -0.39 is 5.54 Å². The van der Waals surface area contributed by atoms with Crippen LogP contribution in [0.15, 0.2) is 146 Å². The van der Waals surface area contributed by atoms with Gasteiger partial charge in [-0.3, -0.25) is 0 Å². The molecule has 6 aromatic rings. The molecule has 0 bridgehead atoms. The van der Waals surface area contributed by atoms with E-state index in [9.17, 15) is 0 Å². The quantitative estimate of drug-likeness (QED) is 0.126. The lowest BCUT2D eigenvalue weighted by atomic mass is 9.75. The largest absolute Gasteiger partial charge is 0.496 e. The topological polar surface area (TPSA) is 40.3 Å². The van der Waals surface area contributed by atoms with Crippen molar-refractivity contribution in [3.05, 3.63) is 174 Å². The minimum absolute atomic E-state index is 0.0829. The molecule has 0 fully saturated rings. The molecular weight excluding hydrogens is 514 g/mol. The number of benzene rings is 5. The Kier molecular flexibility index (Phi) is 8.18. The fraction of sp³-hybridized carbons (Fsp3) is 0.158. The average molecular weight is 552 g/mol. The highest BCUT2D eigenvalue weighted by atomic mass is 16.5. The molecule has 42 heavy (non-hydrogen) atoms. The Hall–Kier alpha value is -4.64. The summed E-state index contributed by atoms with van der Waals surface area (Å²) < 4.78 is 5.75. The predicted molar refractivity (Wildman–Crippen MR) is 172 cm³/mol. The maximum atomic E-state index is 5.75. The van der Waals surface area contributed by atoms with Gasteiger partial charge in [-0.25, -0.2) is 10.4 Å². The van der Waals surface area contributed by atoms with Gasteiger partial charge in [0.1, 0.15) is 11.3 Å². The third kappa shape index (κ3) is 5.23. The normalized spacial score (nSPS) is 12.5. The molecule has 6 rings (SSSR count). The van der Waals surface area contributed by atoms with E-state index in [1.165, 1.54) is 27.6 Å². The molecule has 5 aromatic carbocycles. The molecular formula is C38H37N3O. The van der Waals surface area contributed by atoms with Crippen molar-refractivity contribution in [1.82, 2.24) is 15.4 Å². The van der Waals surface area contributed by atoms with Crippen LogP contribution in [-0.2, 0) is 18.5 Å². The van der Waals surface area contributed by atoms with Crippen LogP contribution in [0.25, 0.3) is 10.9 Å². The first-order chi connectivity index (χ1) is 20.7. The molecule has 4 heteroatoms. The number of methoxy groups -OCH3 is 1. The lowest BCUT2D eigenvalue weighted by Crippen LogP contribution is -2.59. The summed E-state index contributed by atoms with van der Waals surface area (Å²) in [5.41, 5.74) is 10.5. The second kappa shape index (κ2) is 12.5. The predicted octanol–water partition coefficient (Wildman–Crippen LogP) is 8.11. The molecule has 1 unspecified atom stereocenters. The Morgan fingerprint density at radius 2 is 1.19 bits per heavy atom. The van der Waals surface area contributed by atoms with Crippen LogP contribution in [0.3, 0.4) is 0 Å². The third-order valence-electron chi connectivity index (χ3n) is 8.20. The monoisotopic (exact) mass is 551 g/mol. The molecule has 0 amide bonds. The van der Waals surface area contributed by atoms with Gasteiger partial charge in [-0.1, -0.05) is 127 Å². The number of hydrogen-bond acceptors (Lipinski definition) is 3. The number of aromatic amines is 1. The van der Waals surface area contributed by atoms with Crippen molar-refractivity contribution in [2.24, 2.45) is 0 Å². The zero-order valence-corrected chi connectivity index (χ0v) is 24.2. The van der Waals surface area contributed by atoms with E-state index in [2.05, 4.69) is 156 Å². The highest BCUT2D eigenvalue weighted by molar-refractivity contribution is 5.83. The van der Waals surface area contributed by atoms with Crippen LogP contribution in [0.2, 0.25) is 0 Å². The minimum Gasteiger partial charge on any atom is -0.496 e. The first-order valence-electron chi connectivity index (χ1n) is 14.6. The Balaban J connectivity index is 1.55. The van der Waals surface area contributed by atoms with Crippen LogP contribution in [0, 0.1) is 0 Å². The van der Waals surface area contributed by atoms with E-state index in [0.717, 1.165) is 23.3 Å². The van der Waals surface area contributed by atoms with Gasteiger partial charge in [0.05, 0.1) is 7.11 Å². The van der Waals surface area contributed by atoms with Gasteiger partial charge in [0.15, 0.2) is 0 Å². The van der Waals surface area contributed by atoms with E-state index in [4.69, 9.17) is 4.74 Å². The van der Waals surface area contributed by atoms with Crippen LogP contribution in [0.5, 0.6) is 5.75 Å². The van der Waals surface area contributed by atoms with Crippen LogP contribution < -0.4 is 10.2 Å². The molecule has 0 spiro atoms. The number of H-pyrrole nitrogens is 1. The van der Waals surface area contributed by atoms with Gasteiger partial charge in [0.25, 0.3) is 0 Å². The Labute approximate surface area is 248 Å². The standard InChI is InChI=1S/C38H37N3O/c1-29(26-31-27-39-36-24-14-13-23-35(31)36)41(40-28-30-16-12-15-25-37(30)42-2)38(32-17-6-3-7-18-32,33-19-8-4-9-20-33)34-21-10-5-11-22-34/h3-25,27,29,39-40H,26,28H2,1-2H3. The number of para-hydroxylation sites is 2. The second-order valence-corrected chi connectivity index (χ2v) is 10.7. The summed E-state index contributed by atoms with van der Waals surface area (Å²) in [6.45, 7) is 2.93. The molecule has 0 radical (unpaired) electrons. The van der Waals surface area contributed by atoms with Crippen molar-refractivity contribution in [1.29, 1.82) is 0 Å². The zero-order chi connectivity index (χ0) is 28.8. The summed E-state index contributed by atoms with van der Waals surface area (Å²) in [5.74, 6) is 0.874. The lowest BCUT2D eigenvalue weighted by molar-refractivity contribution is 0.0409. The molecule has 0 aliphatic heterocycles. The third-order valence-corrected chi connectivity index (χ3v) is 8.20. The highest BCUT2D eigenvalue weighted by Gasteiger charge is 2.44. The first kappa shape index (κ1) is 27.5. The van der Waals surface area contributed by atoms with Gasteiger partial charge in [0.2, 0.25) is 0 Å². The maximum absolute atomic E-state index is 5.75. The SMILES string of the molecule is COc1ccccc1CNN(C(C)Cc1c[nH]c2ccccc12)C(c1ccccc1)(c1ccccc1)c1ccccc1. The number of rotatable bonds is 11. The molecule has 0 saturated heterocycles. The lowest BCUT2D eigenvalue weighted by Gasteiger charge is -2.48. The Bertz CT molecular complexity index is 1620. The summed E-state index contributed by atoms with van der Waals surface area (Å²) >= 11 is 0. The number of nitrogens with one attached hydrogen (secondary N) is 2. The molecule has 0 saturated carbocycles. The number of ether oxygens (including phenoxy) is 1. The van der Waals surface area contributed by atoms with Gasteiger partial charge >= 0.3 is 0 Å². The van der Waals surface area contributed by atoms with Crippen molar-refractivity contribution in [3.8, 4) is 5.75 Å². The van der Waals surface area contributed by atoms with Gasteiger partial charge in [0, 0.05) is 35.2 Å². The summed E-state index contributed by atoms with van der Waals surface area (Å²) in [6.07, 6.45) is 3.01. The van der Waals surface area contributed by atoms with Gasteiger partial charge in [-0.05, 0) is 47.7 Å². The number of hydrogen-bond donors (Lipinski definition) is 2. The van der Waals surface area contributed by atoms with E-state index >= 15 is 0 Å². The van der Waals surface area contributed by atoms with Gasteiger partial charge in [-0.15, -0.1) is 0 Å². The molecule has 0 aliphatic rings. The molecule has 1 atom stereocenters. The number of hydrazine groups is 1. The molecule has 1 aromatic heterocycles. The van der Waals surface area contributed by atoms with Crippen molar-refractivity contribution in [2.45, 2.75) is 31.5 Å². The van der Waals surface area contributed by atoms with Gasteiger partial charge < -0.3 is 9.72 Å². The molecule has 2 N–H and O–H groups in total. The maximum Gasteiger partial charge on any atom is 0.123 e. The van der Waals surface area contributed by atoms with E-state index in [1.54, 1.807) is 7.11 Å². The van der Waals surface area contributed by atoms with Gasteiger partial charge in [-0.2, -0.15) is 0 Å². The number of aromatic nitrogens is 1. The van der Waals surface area contributed by atoms with Crippen molar-refractivity contribution >= 4 is 10.9 Å². The van der Waals surface area contributed by atoms with Crippen LogP contribution in [0.1, 0.15) is 34.7 Å². The van der Waals surface area contributed by atoms with Crippen LogP contribution in [0.4, 0.5) is 0 Å². The smallest absolute Gasteiger partial charge is 0.123 e. The number of fused-ring (bicyclic) bond motifs is 1. The number of nitrogens with zero attached hydrogens (tertiary/aromatic N) is 1. The summed E-state index contributed by atoms with van der Waals surface area (Å²) in [5, 5.41) is 3.74. The van der Waals surface area contributed by atoms with E-state index in [-0.39, 0.29) is 6.04 Å². The molecule has 210 valence electrons. The fourth-order valence-corrected chi connectivity index (χ4v) is 6.29. The van der Waals surface area contributed by atoms with Crippen LogP contribution >= 0.6 is 0 Å². The van der Waals surface area contributed by atoms with Crippen molar-refractivity contribution < 1.29 is 4.74 Å². The zero-order valence-electron chi connectivity index (χ0n) is 24.2. The van der Waals surface area contributed by atoms with Crippen molar-refractivity contribution in [3.63, 3.8) is 0 Å². The van der Waals surface area contributed by atoms with Crippen LogP contribution in [-0.4, -0.2) is 23.1 Å². The summed E-state index contributed by atoms with van der Waals surface area (Å²) in [7, 11) is 1.73. The first-order valence-corrected chi connectivity index (χ1v) is 14.6. The average Bonchev–Trinajstić information content (AvgIpc) is 3.47. The minimum atomic E-state index is -0.628. The molecule has 0 aliphatic carbocycles. The summed E-state index contributed by atoms with van der Waals surface area (Å²) in [6, 6.07) is 49.4. The Morgan fingerprint density at radius 1 is 0.667 bits per heavy atom. The molecule has 4 nitrogen and oxygen atoms in total. The van der Waals surface area contributed by atoms with E-state index in [0.29, 0.717) is 6.54 Å². The fourth-order valence-electron chi connectivity index (χ4n) is 6.29. The van der Waals surface area contributed by atoms with E-state index in [1.807, 2.05) is 12.1 Å². The van der Waals surface area contributed by atoms with Crippen molar-refractivity contribution in [2.75, 3.05) is 7.11 Å². The highest BCUT2D eigenvalue weighted by Crippen LogP contribution is 2.43. The molecule has 1 heterocycles.